The molecule has 0 atom stereocenters. The molecule has 1 aromatic rings. The molecule has 0 aromatic heterocycles. The number of halogens is 2. The third-order valence-electron chi connectivity index (χ3n) is 2.16. The van der Waals surface area contributed by atoms with Crippen molar-refractivity contribution in [1.82, 2.24) is 5.32 Å². The van der Waals surface area contributed by atoms with Gasteiger partial charge in [0.2, 0.25) is 0 Å². The van der Waals surface area contributed by atoms with Crippen molar-refractivity contribution >= 4 is 11.8 Å². The van der Waals surface area contributed by atoms with Crippen LogP contribution in [0.2, 0.25) is 0 Å². The van der Waals surface area contributed by atoms with Gasteiger partial charge in [0.05, 0.1) is 6.61 Å². The highest BCUT2D eigenvalue weighted by Crippen LogP contribution is 2.14. The number of hydrogen-bond donors (Lipinski definition) is 1. The molecule has 0 unspecified atom stereocenters. The van der Waals surface area contributed by atoms with Crippen molar-refractivity contribution in [3.8, 4) is 0 Å². The van der Waals surface area contributed by atoms with Gasteiger partial charge in [0, 0.05) is 18.0 Å². The van der Waals surface area contributed by atoms with Crippen LogP contribution >= 0.6 is 11.8 Å². The second kappa shape index (κ2) is 8.44. The molecule has 0 saturated heterocycles. The summed E-state index contributed by atoms with van der Waals surface area (Å²) in [6.07, 6.45) is -0.345. The number of hydrogen-bond acceptors (Lipinski definition) is 3. The van der Waals surface area contributed by atoms with Gasteiger partial charge in [-0.05, 0) is 24.0 Å². The van der Waals surface area contributed by atoms with Crippen molar-refractivity contribution in [3.63, 3.8) is 0 Å². The van der Waals surface area contributed by atoms with Crippen LogP contribution in [0, 0.1) is 0 Å². The first-order valence-electron chi connectivity index (χ1n) is 5.42. The van der Waals surface area contributed by atoms with Crippen LogP contribution in [0.1, 0.15) is 5.56 Å². The second-order valence-electron chi connectivity index (χ2n) is 3.49. The average Bonchev–Trinajstić information content (AvgIpc) is 2.34. The maximum Gasteiger partial charge on any atom is 0.261 e. The van der Waals surface area contributed by atoms with Gasteiger partial charge in [0.25, 0.3) is 6.43 Å². The van der Waals surface area contributed by atoms with Gasteiger partial charge in [-0.2, -0.15) is 0 Å². The molecule has 2 nitrogen and oxygen atoms in total. The summed E-state index contributed by atoms with van der Waals surface area (Å²) in [6.45, 7) is 1.14. The molecule has 0 spiro atoms. The van der Waals surface area contributed by atoms with Crippen LogP contribution in [0.5, 0.6) is 0 Å². The number of thioether (sulfide) groups is 1. The summed E-state index contributed by atoms with van der Waals surface area (Å²) in [6, 6.07) is 8.24. The van der Waals surface area contributed by atoms with Crippen LogP contribution in [-0.2, 0) is 11.3 Å². The zero-order chi connectivity index (χ0) is 12.5. The van der Waals surface area contributed by atoms with Crippen LogP contribution in [0.3, 0.4) is 0 Å². The van der Waals surface area contributed by atoms with Gasteiger partial charge in [0.1, 0.15) is 6.61 Å². The van der Waals surface area contributed by atoms with E-state index in [0.29, 0.717) is 13.2 Å². The Morgan fingerprint density at radius 3 is 2.59 bits per heavy atom. The third-order valence-corrected chi connectivity index (χ3v) is 2.90. The van der Waals surface area contributed by atoms with Gasteiger partial charge in [-0.1, -0.05) is 12.1 Å². The van der Waals surface area contributed by atoms with Crippen molar-refractivity contribution in [2.24, 2.45) is 0 Å². The van der Waals surface area contributed by atoms with E-state index in [1.807, 2.05) is 6.26 Å². The standard InChI is InChI=1S/C12H17F2NOS/c1-17-11-4-2-10(3-5-11)8-15-6-7-16-9-12(13)14/h2-5,12,15H,6-9H2,1H3. The lowest BCUT2D eigenvalue weighted by molar-refractivity contribution is 0.0187. The Kier molecular flexibility index (Phi) is 7.16. The van der Waals surface area contributed by atoms with E-state index in [0.717, 1.165) is 6.54 Å². The molecular formula is C12H17F2NOS. The van der Waals surface area contributed by atoms with Crippen molar-refractivity contribution in [1.29, 1.82) is 0 Å². The number of alkyl halides is 2. The first-order valence-corrected chi connectivity index (χ1v) is 6.64. The maximum atomic E-state index is 11.7. The summed E-state index contributed by atoms with van der Waals surface area (Å²) in [7, 11) is 0. The van der Waals surface area contributed by atoms with Crippen molar-refractivity contribution in [3.05, 3.63) is 29.8 Å². The Labute approximate surface area is 105 Å². The lowest BCUT2D eigenvalue weighted by Gasteiger charge is -2.06. The minimum Gasteiger partial charge on any atom is -0.374 e. The molecule has 0 aliphatic rings. The van der Waals surface area contributed by atoms with E-state index in [1.54, 1.807) is 11.8 Å². The molecule has 1 aromatic carbocycles. The fourth-order valence-corrected chi connectivity index (χ4v) is 1.70. The van der Waals surface area contributed by atoms with E-state index in [2.05, 4.69) is 29.6 Å². The van der Waals surface area contributed by atoms with Crippen LogP contribution in [0.4, 0.5) is 8.78 Å². The van der Waals surface area contributed by atoms with E-state index >= 15 is 0 Å². The minimum absolute atomic E-state index is 0.313. The normalized spacial score (nSPS) is 11.1. The minimum atomic E-state index is -2.38. The van der Waals surface area contributed by atoms with E-state index in [4.69, 9.17) is 4.74 Å². The molecule has 0 radical (unpaired) electrons. The van der Waals surface area contributed by atoms with Gasteiger partial charge in [-0.25, -0.2) is 8.78 Å². The molecule has 0 fully saturated rings. The average molecular weight is 261 g/mol. The highest BCUT2D eigenvalue weighted by atomic mass is 32.2. The molecule has 96 valence electrons. The zero-order valence-electron chi connectivity index (χ0n) is 9.79. The quantitative estimate of drug-likeness (QED) is 0.574. The fraction of sp³-hybridized carbons (Fsp3) is 0.500. The van der Waals surface area contributed by atoms with Crippen LogP contribution < -0.4 is 5.32 Å². The largest absolute Gasteiger partial charge is 0.374 e. The van der Waals surface area contributed by atoms with Crippen molar-refractivity contribution in [2.45, 2.75) is 17.9 Å². The van der Waals surface area contributed by atoms with Crippen molar-refractivity contribution in [2.75, 3.05) is 26.0 Å². The molecule has 0 saturated carbocycles. The van der Waals surface area contributed by atoms with Gasteiger partial charge in [-0.15, -0.1) is 11.8 Å². The SMILES string of the molecule is CSc1ccc(CNCCOCC(F)F)cc1. The summed E-state index contributed by atoms with van der Waals surface area (Å²) in [5, 5.41) is 3.14. The summed E-state index contributed by atoms with van der Waals surface area (Å²) in [5.41, 5.74) is 1.18. The first-order chi connectivity index (χ1) is 8.22. The third kappa shape index (κ3) is 6.61. The van der Waals surface area contributed by atoms with Crippen LogP contribution in [0.15, 0.2) is 29.2 Å². The lowest BCUT2D eigenvalue weighted by atomic mass is 10.2. The van der Waals surface area contributed by atoms with Gasteiger partial charge in [-0.3, -0.25) is 0 Å². The molecule has 5 heteroatoms. The predicted octanol–water partition coefficient (Wildman–Crippen LogP) is 2.78. The van der Waals surface area contributed by atoms with Crippen LogP contribution in [-0.4, -0.2) is 32.4 Å². The number of rotatable bonds is 8. The molecular weight excluding hydrogens is 244 g/mol. The van der Waals surface area contributed by atoms with Gasteiger partial charge >= 0.3 is 0 Å². The molecule has 17 heavy (non-hydrogen) atoms. The summed E-state index contributed by atoms with van der Waals surface area (Å²) >= 11 is 1.70. The van der Waals surface area contributed by atoms with E-state index in [-0.39, 0.29) is 0 Å². The van der Waals surface area contributed by atoms with E-state index < -0.39 is 13.0 Å². The number of nitrogens with one attached hydrogen (secondary N) is 1. The molecule has 0 aliphatic carbocycles. The molecule has 1 rings (SSSR count). The maximum absolute atomic E-state index is 11.7. The van der Waals surface area contributed by atoms with Crippen LogP contribution in [0.25, 0.3) is 0 Å². The monoisotopic (exact) mass is 261 g/mol. The van der Waals surface area contributed by atoms with Gasteiger partial charge < -0.3 is 10.1 Å². The summed E-state index contributed by atoms with van der Waals surface area (Å²) in [4.78, 5) is 1.23. The molecule has 0 amide bonds. The van der Waals surface area contributed by atoms with E-state index in [9.17, 15) is 8.78 Å². The summed E-state index contributed by atoms with van der Waals surface area (Å²) in [5.74, 6) is 0. The second-order valence-corrected chi connectivity index (χ2v) is 4.37. The Morgan fingerprint density at radius 2 is 2.00 bits per heavy atom. The lowest BCUT2D eigenvalue weighted by Crippen LogP contribution is -2.20. The Balaban J connectivity index is 2.09. The molecule has 0 aliphatic heterocycles. The highest BCUT2D eigenvalue weighted by Gasteiger charge is 2.00. The smallest absolute Gasteiger partial charge is 0.261 e. The zero-order valence-corrected chi connectivity index (χ0v) is 10.6. The molecule has 1 N–H and O–H groups in total. The number of ether oxygens (including phenoxy) is 1. The Morgan fingerprint density at radius 1 is 1.29 bits per heavy atom. The highest BCUT2D eigenvalue weighted by molar-refractivity contribution is 7.98. The number of benzene rings is 1. The van der Waals surface area contributed by atoms with Gasteiger partial charge in [0.15, 0.2) is 0 Å². The topological polar surface area (TPSA) is 21.3 Å². The van der Waals surface area contributed by atoms with E-state index in [1.165, 1.54) is 10.5 Å². The first kappa shape index (κ1) is 14.4. The Hall–Kier alpha value is -0.650. The van der Waals surface area contributed by atoms with Crippen molar-refractivity contribution < 1.29 is 13.5 Å². The predicted molar refractivity (Wildman–Crippen MR) is 66.8 cm³/mol. The fourth-order valence-electron chi connectivity index (χ4n) is 1.29. The Bertz CT molecular complexity index is 306. The summed E-state index contributed by atoms with van der Waals surface area (Å²) < 4.78 is 28.2. The molecule has 0 heterocycles. The molecule has 0 bridgehead atoms.